The standard InChI is InChI=1S/C26H38FNO5/c1-15-10-19-18-7-6-16-11-17(30)8-9-22(16,4)25(18,27)20(31)12-23(19,5)26(15,32)24(13-29)28-21(2,3)14-33-24/h8-9,11,15,18-20,28-29,31-32H,6-7,10,12-14H2,1-5H3/t15-,18?,19?,20+,22+,23+,24?,25+,26-/m1/s1. The topological polar surface area (TPSA) is 99.0 Å². The molecule has 7 heteroatoms. The molecule has 6 nitrogen and oxygen atoms in total. The molecular weight excluding hydrogens is 425 g/mol. The van der Waals surface area contributed by atoms with Gasteiger partial charge in [0, 0.05) is 22.3 Å². The number of fused-ring (bicyclic) bond motifs is 5. The van der Waals surface area contributed by atoms with Gasteiger partial charge >= 0.3 is 0 Å². The summed E-state index contributed by atoms with van der Waals surface area (Å²) in [6.07, 6.45) is 4.97. The smallest absolute Gasteiger partial charge is 0.178 e. The maximum atomic E-state index is 17.3. The van der Waals surface area contributed by atoms with Crippen molar-refractivity contribution in [3.05, 3.63) is 23.8 Å². The zero-order chi connectivity index (χ0) is 24.2. The number of rotatable bonds is 2. The Morgan fingerprint density at radius 2 is 1.94 bits per heavy atom. The summed E-state index contributed by atoms with van der Waals surface area (Å²) in [7, 11) is 0. The molecule has 9 atom stereocenters. The highest BCUT2D eigenvalue weighted by Gasteiger charge is 2.79. The molecule has 0 spiro atoms. The van der Waals surface area contributed by atoms with Gasteiger partial charge in [-0.1, -0.05) is 25.5 Å². The Morgan fingerprint density at radius 1 is 1.24 bits per heavy atom. The molecule has 4 aliphatic carbocycles. The molecule has 1 heterocycles. The van der Waals surface area contributed by atoms with Crippen LogP contribution in [0.1, 0.15) is 60.3 Å². The van der Waals surface area contributed by atoms with Crippen LogP contribution in [-0.2, 0) is 9.53 Å². The van der Waals surface area contributed by atoms with E-state index < -0.39 is 52.0 Å². The summed E-state index contributed by atoms with van der Waals surface area (Å²) in [6, 6.07) is 0. The summed E-state index contributed by atoms with van der Waals surface area (Å²) in [6.45, 7) is 9.50. The fraction of sp³-hybridized carbons (Fsp3) is 0.808. The van der Waals surface area contributed by atoms with Crippen molar-refractivity contribution in [3.8, 4) is 0 Å². The third-order valence-electron chi connectivity index (χ3n) is 10.3. The molecule has 5 rings (SSSR count). The van der Waals surface area contributed by atoms with Crippen molar-refractivity contribution in [3.63, 3.8) is 0 Å². The van der Waals surface area contributed by atoms with Crippen LogP contribution in [0.2, 0.25) is 0 Å². The summed E-state index contributed by atoms with van der Waals surface area (Å²) >= 11 is 0. The molecule has 184 valence electrons. The molecule has 0 aromatic heterocycles. The van der Waals surface area contributed by atoms with Crippen molar-refractivity contribution in [2.75, 3.05) is 13.2 Å². The predicted octanol–water partition coefficient (Wildman–Crippen LogP) is 2.42. The highest BCUT2D eigenvalue weighted by Crippen LogP contribution is 2.72. The van der Waals surface area contributed by atoms with E-state index in [0.717, 1.165) is 5.57 Å². The van der Waals surface area contributed by atoms with Crippen molar-refractivity contribution in [2.24, 2.45) is 28.6 Å². The van der Waals surface area contributed by atoms with Crippen LogP contribution in [0.25, 0.3) is 0 Å². The number of aliphatic hydroxyl groups is 3. The van der Waals surface area contributed by atoms with Gasteiger partial charge in [-0.2, -0.15) is 0 Å². The van der Waals surface area contributed by atoms with Crippen LogP contribution >= 0.6 is 0 Å². The van der Waals surface area contributed by atoms with E-state index in [1.54, 1.807) is 13.0 Å². The lowest BCUT2D eigenvalue weighted by atomic mass is 9.44. The highest BCUT2D eigenvalue weighted by molar-refractivity contribution is 6.01. The first-order valence-corrected chi connectivity index (χ1v) is 12.3. The first kappa shape index (κ1) is 23.6. The average Bonchev–Trinajstić information content (AvgIpc) is 3.17. The average molecular weight is 464 g/mol. The molecule has 33 heavy (non-hydrogen) atoms. The summed E-state index contributed by atoms with van der Waals surface area (Å²) in [5.41, 5.74) is -6.49. The van der Waals surface area contributed by atoms with Gasteiger partial charge in [0.25, 0.3) is 0 Å². The van der Waals surface area contributed by atoms with Gasteiger partial charge in [-0.15, -0.1) is 0 Å². The first-order valence-electron chi connectivity index (χ1n) is 12.3. The first-order chi connectivity index (χ1) is 15.2. The van der Waals surface area contributed by atoms with Crippen molar-refractivity contribution in [2.45, 2.75) is 88.9 Å². The molecule has 0 aromatic rings. The van der Waals surface area contributed by atoms with Crippen LogP contribution in [0, 0.1) is 28.6 Å². The normalized spacial score (nSPS) is 55.1. The number of ketones is 1. The Labute approximate surface area is 195 Å². The maximum absolute atomic E-state index is 17.3. The van der Waals surface area contributed by atoms with E-state index in [1.165, 1.54) is 12.2 Å². The zero-order valence-corrected chi connectivity index (χ0v) is 20.3. The van der Waals surface area contributed by atoms with Crippen molar-refractivity contribution in [1.29, 1.82) is 0 Å². The number of halogens is 1. The number of alkyl halides is 1. The maximum Gasteiger partial charge on any atom is 0.178 e. The molecule has 0 radical (unpaired) electrons. The molecule has 0 bridgehead atoms. The molecule has 0 amide bonds. The monoisotopic (exact) mass is 463 g/mol. The molecular formula is C26H38FNO5. The Hall–Kier alpha value is -1.12. The molecule has 1 aliphatic heterocycles. The number of ether oxygens (including phenoxy) is 1. The number of aliphatic hydroxyl groups excluding tert-OH is 2. The minimum absolute atomic E-state index is 0.0450. The van der Waals surface area contributed by atoms with Crippen LogP contribution < -0.4 is 5.32 Å². The van der Waals surface area contributed by atoms with E-state index in [-0.39, 0.29) is 24.0 Å². The fourth-order valence-electron chi connectivity index (χ4n) is 8.74. The van der Waals surface area contributed by atoms with E-state index in [2.05, 4.69) is 5.32 Å². The van der Waals surface area contributed by atoms with Gasteiger partial charge in [0.15, 0.2) is 17.2 Å². The van der Waals surface area contributed by atoms with Crippen LogP contribution in [0.15, 0.2) is 23.8 Å². The molecule has 1 saturated heterocycles. The largest absolute Gasteiger partial charge is 0.392 e. The highest BCUT2D eigenvalue weighted by atomic mass is 19.1. The Kier molecular flexibility index (Phi) is 4.83. The van der Waals surface area contributed by atoms with Gasteiger partial charge in [-0.3, -0.25) is 10.1 Å². The number of hydrogen-bond acceptors (Lipinski definition) is 6. The van der Waals surface area contributed by atoms with Gasteiger partial charge in [-0.05, 0) is 70.4 Å². The molecule has 4 fully saturated rings. The third-order valence-corrected chi connectivity index (χ3v) is 10.3. The van der Waals surface area contributed by atoms with Gasteiger partial charge < -0.3 is 20.1 Å². The predicted molar refractivity (Wildman–Crippen MR) is 121 cm³/mol. The second kappa shape index (κ2) is 6.76. The Morgan fingerprint density at radius 3 is 2.55 bits per heavy atom. The number of allylic oxidation sites excluding steroid dienone is 4. The van der Waals surface area contributed by atoms with Crippen molar-refractivity contribution < 1.29 is 29.2 Å². The second-order valence-corrected chi connectivity index (χ2v) is 12.5. The summed E-state index contributed by atoms with van der Waals surface area (Å²) in [5, 5.41) is 37.9. The minimum atomic E-state index is -1.95. The Bertz CT molecular complexity index is 949. The second-order valence-electron chi connectivity index (χ2n) is 12.5. The van der Waals surface area contributed by atoms with Crippen molar-refractivity contribution >= 4 is 5.78 Å². The van der Waals surface area contributed by atoms with Gasteiger partial charge in [0.2, 0.25) is 0 Å². The third kappa shape index (κ3) is 2.58. The lowest BCUT2D eigenvalue weighted by Crippen LogP contribution is -2.75. The SMILES string of the molecule is C[C@@H]1CC2C3CCC4=CC(=O)C=C[C@]4(C)[C@@]3(F)[C@@H](O)C[C@]2(C)[C@@]1(O)C1(CO)NC(C)(C)CO1. The van der Waals surface area contributed by atoms with E-state index >= 15 is 4.39 Å². The number of carbonyl (C=O) groups excluding carboxylic acids is 1. The van der Waals surface area contributed by atoms with E-state index in [1.807, 2.05) is 27.7 Å². The van der Waals surface area contributed by atoms with Gasteiger partial charge in [0.1, 0.15) is 5.60 Å². The number of nitrogens with one attached hydrogen (secondary N) is 1. The van der Waals surface area contributed by atoms with Gasteiger partial charge in [-0.25, -0.2) is 4.39 Å². The summed E-state index contributed by atoms with van der Waals surface area (Å²) < 4.78 is 23.4. The van der Waals surface area contributed by atoms with E-state index in [9.17, 15) is 20.1 Å². The molecule has 3 saturated carbocycles. The molecule has 4 N–H and O–H groups in total. The fourth-order valence-corrected chi connectivity index (χ4v) is 8.74. The number of carbonyl (C=O) groups is 1. The van der Waals surface area contributed by atoms with E-state index in [0.29, 0.717) is 25.9 Å². The zero-order valence-electron chi connectivity index (χ0n) is 20.3. The lowest BCUT2D eigenvalue weighted by molar-refractivity contribution is -0.280. The number of hydrogen-bond donors (Lipinski definition) is 4. The van der Waals surface area contributed by atoms with Crippen LogP contribution in [-0.4, -0.2) is 63.0 Å². The van der Waals surface area contributed by atoms with Gasteiger partial charge in [0.05, 0.1) is 19.3 Å². The lowest BCUT2D eigenvalue weighted by Gasteiger charge is -2.64. The summed E-state index contributed by atoms with van der Waals surface area (Å²) in [5.74, 6) is -1.13. The van der Waals surface area contributed by atoms with Crippen LogP contribution in [0.5, 0.6) is 0 Å². The molecule has 0 aromatic carbocycles. The minimum Gasteiger partial charge on any atom is -0.392 e. The van der Waals surface area contributed by atoms with Crippen LogP contribution in [0.4, 0.5) is 4.39 Å². The van der Waals surface area contributed by atoms with E-state index in [4.69, 9.17) is 4.74 Å². The quantitative estimate of drug-likeness (QED) is 0.502. The van der Waals surface area contributed by atoms with Crippen molar-refractivity contribution in [1.82, 2.24) is 5.32 Å². The Balaban J connectivity index is 1.62. The molecule has 3 unspecified atom stereocenters. The summed E-state index contributed by atoms with van der Waals surface area (Å²) in [4.78, 5) is 12.0. The van der Waals surface area contributed by atoms with Crippen LogP contribution in [0.3, 0.4) is 0 Å². The molecule has 5 aliphatic rings.